The first-order valence-electron chi connectivity index (χ1n) is 5.85. The fourth-order valence-electron chi connectivity index (χ4n) is 1.38. The van der Waals surface area contributed by atoms with Crippen molar-refractivity contribution < 1.29 is 8.42 Å². The van der Waals surface area contributed by atoms with Crippen LogP contribution in [-0.2, 0) is 9.84 Å². The number of sulfone groups is 1. The van der Waals surface area contributed by atoms with Crippen LogP contribution in [0, 0.1) is 0 Å². The summed E-state index contributed by atoms with van der Waals surface area (Å²) in [4.78, 5) is 0.386. The minimum Gasteiger partial charge on any atom is -0.384 e. The Morgan fingerprint density at radius 2 is 2.00 bits per heavy atom. The fraction of sp³-hybridized carbons (Fsp3) is 0.385. The summed E-state index contributed by atoms with van der Waals surface area (Å²) in [6, 6.07) is 6.91. The molecule has 0 saturated heterocycles. The van der Waals surface area contributed by atoms with E-state index >= 15 is 0 Å². The van der Waals surface area contributed by atoms with Gasteiger partial charge in [-0.05, 0) is 24.3 Å². The lowest BCUT2D eigenvalue weighted by Crippen LogP contribution is -2.06. The van der Waals surface area contributed by atoms with Crippen molar-refractivity contribution in [2.75, 3.05) is 29.1 Å². The number of nitrogens with one attached hydrogen (secondary N) is 1. The van der Waals surface area contributed by atoms with Gasteiger partial charge in [-0.15, -0.1) is 6.58 Å². The molecule has 1 aromatic carbocycles. The topological polar surface area (TPSA) is 46.2 Å². The van der Waals surface area contributed by atoms with Crippen molar-refractivity contribution in [2.45, 2.75) is 11.8 Å². The first-order chi connectivity index (χ1) is 8.60. The zero-order valence-corrected chi connectivity index (χ0v) is 12.2. The predicted molar refractivity (Wildman–Crippen MR) is 80.2 cm³/mol. The number of thioether (sulfide) groups is 1. The minimum atomic E-state index is -3.09. The van der Waals surface area contributed by atoms with Crippen molar-refractivity contribution >= 4 is 27.3 Å². The Morgan fingerprint density at radius 3 is 2.56 bits per heavy atom. The summed E-state index contributed by atoms with van der Waals surface area (Å²) in [6.45, 7) is 6.17. The molecule has 0 aliphatic carbocycles. The van der Waals surface area contributed by atoms with Crippen LogP contribution < -0.4 is 5.32 Å². The molecule has 5 heteroatoms. The van der Waals surface area contributed by atoms with Gasteiger partial charge < -0.3 is 5.32 Å². The van der Waals surface area contributed by atoms with Gasteiger partial charge in [-0.1, -0.05) is 13.0 Å². The summed E-state index contributed by atoms with van der Waals surface area (Å²) in [6.07, 6.45) is 1.88. The van der Waals surface area contributed by atoms with E-state index in [2.05, 4.69) is 11.9 Å². The molecule has 0 saturated carbocycles. The third-order valence-corrected chi connectivity index (χ3v) is 5.12. The zero-order chi connectivity index (χ0) is 13.4. The van der Waals surface area contributed by atoms with E-state index in [1.807, 2.05) is 17.8 Å². The summed E-state index contributed by atoms with van der Waals surface area (Å²) in [5.74, 6) is 2.09. The third-order valence-electron chi connectivity index (χ3n) is 2.40. The van der Waals surface area contributed by atoms with Crippen molar-refractivity contribution in [1.29, 1.82) is 0 Å². The van der Waals surface area contributed by atoms with Crippen molar-refractivity contribution in [3.8, 4) is 0 Å². The molecule has 0 amide bonds. The molecule has 0 radical (unpaired) electrons. The van der Waals surface area contributed by atoms with Gasteiger partial charge in [0.2, 0.25) is 0 Å². The van der Waals surface area contributed by atoms with Crippen LogP contribution in [0.4, 0.5) is 5.69 Å². The summed E-state index contributed by atoms with van der Waals surface area (Å²) >= 11 is 1.81. The highest BCUT2D eigenvalue weighted by Gasteiger charge is 2.10. The van der Waals surface area contributed by atoms with E-state index in [1.54, 1.807) is 31.2 Å². The van der Waals surface area contributed by atoms with E-state index in [0.29, 0.717) is 4.90 Å². The van der Waals surface area contributed by atoms with E-state index in [9.17, 15) is 8.42 Å². The number of rotatable bonds is 8. The monoisotopic (exact) mass is 285 g/mol. The Hall–Kier alpha value is -0.940. The number of benzene rings is 1. The number of anilines is 1. The molecule has 0 aliphatic rings. The molecule has 1 N–H and O–H groups in total. The van der Waals surface area contributed by atoms with Gasteiger partial charge in [0, 0.05) is 23.7 Å². The van der Waals surface area contributed by atoms with Crippen LogP contribution in [0.5, 0.6) is 0 Å². The molecule has 18 heavy (non-hydrogen) atoms. The second-order valence-corrected chi connectivity index (χ2v) is 7.15. The van der Waals surface area contributed by atoms with E-state index in [-0.39, 0.29) is 5.75 Å². The quantitative estimate of drug-likeness (QED) is 0.589. The van der Waals surface area contributed by atoms with Crippen molar-refractivity contribution in [3.05, 3.63) is 36.9 Å². The smallest absolute Gasteiger partial charge is 0.178 e. The number of hydrogen-bond donors (Lipinski definition) is 1. The van der Waals surface area contributed by atoms with Crippen LogP contribution in [0.25, 0.3) is 0 Å². The van der Waals surface area contributed by atoms with Gasteiger partial charge in [-0.2, -0.15) is 11.8 Å². The normalized spacial score (nSPS) is 11.2. The van der Waals surface area contributed by atoms with Crippen molar-refractivity contribution in [3.63, 3.8) is 0 Å². The summed E-state index contributed by atoms with van der Waals surface area (Å²) in [7, 11) is -3.09. The molecule has 1 aromatic rings. The lowest BCUT2D eigenvalue weighted by atomic mass is 10.3. The molecule has 3 nitrogen and oxygen atoms in total. The van der Waals surface area contributed by atoms with Gasteiger partial charge in [0.1, 0.15) is 0 Å². The van der Waals surface area contributed by atoms with Crippen LogP contribution >= 0.6 is 11.8 Å². The first-order valence-corrected chi connectivity index (χ1v) is 8.66. The van der Waals surface area contributed by atoms with Gasteiger partial charge >= 0.3 is 0 Å². The van der Waals surface area contributed by atoms with Crippen LogP contribution in [0.15, 0.2) is 41.8 Å². The average molecular weight is 285 g/mol. The van der Waals surface area contributed by atoms with Crippen molar-refractivity contribution in [2.24, 2.45) is 0 Å². The van der Waals surface area contributed by atoms with Gasteiger partial charge in [-0.25, -0.2) is 8.42 Å². The van der Waals surface area contributed by atoms with E-state index in [0.717, 1.165) is 23.7 Å². The van der Waals surface area contributed by atoms with Gasteiger partial charge in [-0.3, -0.25) is 0 Å². The zero-order valence-electron chi connectivity index (χ0n) is 10.6. The molecule has 0 bridgehead atoms. The Kier molecular flexibility index (Phi) is 6.29. The molecular formula is C13H19NO2S2. The maximum absolute atomic E-state index is 11.6. The molecule has 100 valence electrons. The Morgan fingerprint density at radius 1 is 1.33 bits per heavy atom. The van der Waals surface area contributed by atoms with Crippen LogP contribution in [0.3, 0.4) is 0 Å². The Balaban J connectivity index is 2.48. The van der Waals surface area contributed by atoms with Gasteiger partial charge in [0.05, 0.1) is 10.6 Å². The van der Waals surface area contributed by atoms with Crippen molar-refractivity contribution in [1.82, 2.24) is 0 Å². The van der Waals surface area contributed by atoms with E-state index < -0.39 is 9.84 Å². The van der Waals surface area contributed by atoms with Crippen LogP contribution in [0.1, 0.15) is 6.92 Å². The van der Waals surface area contributed by atoms with Gasteiger partial charge in [0.25, 0.3) is 0 Å². The molecule has 0 unspecified atom stereocenters. The maximum Gasteiger partial charge on any atom is 0.178 e. The predicted octanol–water partition coefficient (Wildman–Crippen LogP) is 2.81. The lowest BCUT2D eigenvalue weighted by molar-refractivity contribution is 0.597. The van der Waals surface area contributed by atoms with E-state index in [4.69, 9.17) is 0 Å². The second kappa shape index (κ2) is 7.48. The Bertz CT molecular complexity index is 466. The van der Waals surface area contributed by atoms with Crippen LogP contribution in [0.2, 0.25) is 0 Å². The second-order valence-electron chi connectivity index (χ2n) is 3.72. The molecule has 0 atom stereocenters. The van der Waals surface area contributed by atoms with Gasteiger partial charge in [0.15, 0.2) is 9.84 Å². The molecule has 0 spiro atoms. The third kappa shape index (κ3) is 4.74. The Labute approximate surface area is 114 Å². The highest BCUT2D eigenvalue weighted by molar-refractivity contribution is 7.99. The summed E-state index contributed by atoms with van der Waals surface area (Å²) < 4.78 is 23.2. The first kappa shape index (κ1) is 15.1. The SMILES string of the molecule is C=CCSCCNc1ccc(S(=O)(=O)CC)cc1. The molecule has 1 rings (SSSR count). The minimum absolute atomic E-state index is 0.137. The largest absolute Gasteiger partial charge is 0.384 e. The molecule has 0 aliphatic heterocycles. The molecule has 0 heterocycles. The highest BCUT2D eigenvalue weighted by Crippen LogP contribution is 2.15. The summed E-state index contributed by atoms with van der Waals surface area (Å²) in [5, 5.41) is 3.25. The fourth-order valence-corrected chi connectivity index (χ4v) is 2.84. The highest BCUT2D eigenvalue weighted by atomic mass is 32.2. The maximum atomic E-state index is 11.6. The standard InChI is InChI=1S/C13H19NO2S2/c1-3-10-17-11-9-14-12-5-7-13(8-6-12)18(15,16)4-2/h3,5-8,14H,1,4,9-11H2,2H3. The summed E-state index contributed by atoms with van der Waals surface area (Å²) in [5.41, 5.74) is 0.948. The average Bonchev–Trinajstić information content (AvgIpc) is 2.39. The molecule has 0 fully saturated rings. The van der Waals surface area contributed by atoms with E-state index in [1.165, 1.54) is 0 Å². The number of hydrogen-bond acceptors (Lipinski definition) is 4. The van der Waals surface area contributed by atoms with Crippen LogP contribution in [-0.4, -0.2) is 32.2 Å². The molecular weight excluding hydrogens is 266 g/mol. The lowest BCUT2D eigenvalue weighted by Gasteiger charge is -2.07. The molecule has 0 aromatic heterocycles.